The van der Waals surface area contributed by atoms with Crippen LogP contribution >= 0.6 is 0 Å². The van der Waals surface area contributed by atoms with Crippen molar-refractivity contribution in [3.8, 4) is 0 Å². The smallest absolute Gasteiger partial charge is 0.270 e. The van der Waals surface area contributed by atoms with Crippen LogP contribution in [0, 0.1) is 0 Å². The number of amidine groups is 2. The van der Waals surface area contributed by atoms with E-state index < -0.39 is 0 Å². The van der Waals surface area contributed by atoms with E-state index in [1.54, 1.807) is 0 Å². The molecule has 4 nitrogen and oxygen atoms in total. The first-order chi connectivity index (χ1) is 7.93. The Hall–Kier alpha value is -1.84. The summed E-state index contributed by atoms with van der Waals surface area (Å²) in [5, 5.41) is 6.66. The Morgan fingerprint density at radius 1 is 0.750 bits per heavy atom. The molecule has 1 aromatic rings. The van der Waals surface area contributed by atoms with Crippen LogP contribution in [0.4, 0.5) is 0 Å². The third-order valence-corrected chi connectivity index (χ3v) is 2.92. The molecule has 0 fully saturated rings. The van der Waals surface area contributed by atoms with Crippen LogP contribution in [0.2, 0.25) is 0 Å². The molecule has 0 amide bonds. The zero-order chi connectivity index (χ0) is 10.8. The van der Waals surface area contributed by atoms with Gasteiger partial charge in [0.1, 0.15) is 26.2 Å². The first-order valence-corrected chi connectivity index (χ1v) is 5.74. The minimum absolute atomic E-state index is 1.01. The van der Waals surface area contributed by atoms with Gasteiger partial charge >= 0.3 is 0 Å². The lowest BCUT2D eigenvalue weighted by atomic mass is 10.1. The quantitative estimate of drug-likeness (QED) is 0.415. The predicted molar refractivity (Wildman–Crippen MR) is 62.3 cm³/mol. The molecule has 4 N–H and O–H groups in total. The molecule has 3 rings (SSSR count). The molecule has 0 unspecified atom stereocenters. The van der Waals surface area contributed by atoms with Crippen molar-refractivity contribution in [1.29, 1.82) is 0 Å². The maximum Gasteiger partial charge on any atom is 0.275 e. The Morgan fingerprint density at radius 3 is 1.50 bits per heavy atom. The molecule has 0 saturated carbocycles. The lowest BCUT2D eigenvalue weighted by Crippen LogP contribution is -2.71. The van der Waals surface area contributed by atoms with Gasteiger partial charge in [0.15, 0.2) is 0 Å². The van der Waals surface area contributed by atoms with Crippen LogP contribution in [0.25, 0.3) is 0 Å². The average Bonchev–Trinajstić information content (AvgIpc) is 3.03. The summed E-state index contributed by atoms with van der Waals surface area (Å²) in [6, 6.07) is 8.57. The summed E-state index contributed by atoms with van der Waals surface area (Å²) in [5.41, 5.74) is 2.44. The summed E-state index contributed by atoms with van der Waals surface area (Å²) in [6.45, 7) is 4.05. The Bertz CT molecular complexity index is 402. The van der Waals surface area contributed by atoms with Gasteiger partial charge in [-0.3, -0.25) is 20.6 Å². The molecule has 2 aliphatic heterocycles. The normalized spacial score (nSPS) is 18.8. The minimum Gasteiger partial charge on any atom is -0.270 e. The Balaban J connectivity index is 1.84. The van der Waals surface area contributed by atoms with E-state index in [0.717, 1.165) is 37.9 Å². The van der Waals surface area contributed by atoms with Crippen molar-refractivity contribution < 1.29 is 9.98 Å². The van der Waals surface area contributed by atoms with Crippen molar-refractivity contribution >= 4 is 11.7 Å². The first-order valence-electron chi connectivity index (χ1n) is 5.74. The summed E-state index contributed by atoms with van der Waals surface area (Å²) in [6.07, 6.45) is 0. The van der Waals surface area contributed by atoms with E-state index in [-0.39, 0.29) is 0 Å². The largest absolute Gasteiger partial charge is 0.275 e. The van der Waals surface area contributed by atoms with Crippen LogP contribution in [0.1, 0.15) is 11.1 Å². The van der Waals surface area contributed by atoms with Crippen LogP contribution in [0.3, 0.4) is 0 Å². The van der Waals surface area contributed by atoms with Gasteiger partial charge in [0.25, 0.3) is 11.7 Å². The molecular formula is C12H16N4+2. The van der Waals surface area contributed by atoms with E-state index in [9.17, 15) is 0 Å². The minimum atomic E-state index is 1.01. The number of benzene rings is 1. The van der Waals surface area contributed by atoms with Crippen molar-refractivity contribution in [2.75, 3.05) is 26.2 Å². The molecule has 0 aromatic heterocycles. The van der Waals surface area contributed by atoms with Gasteiger partial charge in [0.2, 0.25) is 0 Å². The van der Waals surface area contributed by atoms with Gasteiger partial charge in [-0.1, -0.05) is 0 Å². The van der Waals surface area contributed by atoms with Gasteiger partial charge < -0.3 is 0 Å². The van der Waals surface area contributed by atoms with E-state index in [4.69, 9.17) is 0 Å². The molecule has 2 heterocycles. The summed E-state index contributed by atoms with van der Waals surface area (Å²) in [5.74, 6) is 2.28. The van der Waals surface area contributed by atoms with E-state index in [2.05, 4.69) is 44.9 Å². The fourth-order valence-corrected chi connectivity index (χ4v) is 2.09. The Kier molecular flexibility index (Phi) is 2.33. The zero-order valence-electron chi connectivity index (χ0n) is 9.14. The zero-order valence-corrected chi connectivity index (χ0v) is 9.14. The fourth-order valence-electron chi connectivity index (χ4n) is 2.09. The van der Waals surface area contributed by atoms with Gasteiger partial charge in [-0.15, -0.1) is 0 Å². The van der Waals surface area contributed by atoms with Crippen molar-refractivity contribution in [3.63, 3.8) is 0 Å². The molecule has 0 aliphatic carbocycles. The lowest BCUT2D eigenvalue weighted by Gasteiger charge is -1.98. The molecular weight excluding hydrogens is 200 g/mol. The van der Waals surface area contributed by atoms with Gasteiger partial charge in [0, 0.05) is 0 Å². The van der Waals surface area contributed by atoms with Crippen LogP contribution < -0.4 is 20.6 Å². The summed E-state index contributed by atoms with van der Waals surface area (Å²) >= 11 is 0. The molecule has 0 saturated heterocycles. The van der Waals surface area contributed by atoms with E-state index in [1.165, 1.54) is 11.1 Å². The molecule has 0 spiro atoms. The molecule has 82 valence electrons. The van der Waals surface area contributed by atoms with Gasteiger partial charge in [-0.05, 0) is 24.3 Å². The summed E-state index contributed by atoms with van der Waals surface area (Å²) in [4.78, 5) is 6.66. The Morgan fingerprint density at radius 2 is 1.19 bits per heavy atom. The number of nitrogens with one attached hydrogen (secondary N) is 4. The molecule has 0 bridgehead atoms. The topological polar surface area (TPSA) is 52.0 Å². The first kappa shape index (κ1) is 9.39. The third kappa shape index (κ3) is 1.66. The van der Waals surface area contributed by atoms with Crippen molar-refractivity contribution in [3.05, 3.63) is 35.4 Å². The highest BCUT2D eigenvalue weighted by atomic mass is 15.1. The molecule has 0 atom stereocenters. The molecule has 2 aliphatic rings. The highest BCUT2D eigenvalue weighted by molar-refractivity contribution is 5.98. The van der Waals surface area contributed by atoms with E-state index >= 15 is 0 Å². The predicted octanol–water partition coefficient (Wildman–Crippen LogP) is -3.45. The second-order valence-corrected chi connectivity index (χ2v) is 4.03. The number of rotatable bonds is 2. The average molecular weight is 216 g/mol. The SMILES string of the molecule is c1cc(C2=[NH+]CCN2)ccc1C1=[NH+]CCN1. The number of hydrogen-bond donors (Lipinski definition) is 4. The van der Waals surface area contributed by atoms with Gasteiger partial charge in [-0.25, -0.2) is 0 Å². The highest BCUT2D eigenvalue weighted by Gasteiger charge is 2.17. The summed E-state index contributed by atoms with van der Waals surface area (Å²) < 4.78 is 0. The maximum atomic E-state index is 3.33. The monoisotopic (exact) mass is 216 g/mol. The van der Waals surface area contributed by atoms with Crippen molar-refractivity contribution in [2.45, 2.75) is 0 Å². The molecule has 16 heavy (non-hydrogen) atoms. The summed E-state index contributed by atoms with van der Waals surface area (Å²) in [7, 11) is 0. The number of hydrogen-bond acceptors (Lipinski definition) is 2. The van der Waals surface area contributed by atoms with Gasteiger partial charge in [0.05, 0.1) is 11.1 Å². The highest BCUT2D eigenvalue weighted by Crippen LogP contribution is 2.03. The van der Waals surface area contributed by atoms with Crippen LogP contribution in [0.15, 0.2) is 24.3 Å². The Labute approximate surface area is 94.5 Å². The molecule has 1 aromatic carbocycles. The lowest BCUT2D eigenvalue weighted by molar-refractivity contribution is -0.444. The maximum absolute atomic E-state index is 3.33. The second kappa shape index (κ2) is 3.96. The van der Waals surface area contributed by atoms with E-state index in [1.807, 2.05) is 0 Å². The third-order valence-electron chi connectivity index (χ3n) is 2.92. The molecule has 4 heteroatoms. The van der Waals surface area contributed by atoms with Crippen LogP contribution in [0.5, 0.6) is 0 Å². The van der Waals surface area contributed by atoms with Crippen LogP contribution in [-0.2, 0) is 0 Å². The van der Waals surface area contributed by atoms with Crippen molar-refractivity contribution in [2.24, 2.45) is 0 Å². The standard InChI is InChI=1S/C12H14N4/c1-2-10(12-15-7-8-16-12)4-3-9(1)11-13-5-6-14-11/h1-4H,5-8H2,(H,13,14)(H,15,16)/p+2. The van der Waals surface area contributed by atoms with E-state index in [0.29, 0.717) is 0 Å². The fraction of sp³-hybridized carbons (Fsp3) is 0.333. The molecule has 0 radical (unpaired) electrons. The van der Waals surface area contributed by atoms with Crippen LogP contribution in [-0.4, -0.2) is 37.9 Å². The van der Waals surface area contributed by atoms with Crippen molar-refractivity contribution in [1.82, 2.24) is 10.6 Å². The van der Waals surface area contributed by atoms with Gasteiger partial charge in [-0.2, -0.15) is 0 Å². The second-order valence-electron chi connectivity index (χ2n) is 4.03.